The van der Waals surface area contributed by atoms with Gasteiger partial charge in [0.25, 0.3) is 0 Å². The average molecular weight is 404 g/mol. The highest BCUT2D eigenvalue weighted by Crippen LogP contribution is 2.29. The Morgan fingerprint density at radius 1 is 0.533 bits per heavy atom. The molecule has 30 heavy (non-hydrogen) atoms. The fourth-order valence-corrected chi connectivity index (χ4v) is 2.85. The maximum atomic E-state index is 5.34. The molecule has 0 saturated heterocycles. The van der Waals surface area contributed by atoms with Gasteiger partial charge in [-0.25, -0.2) is 9.97 Å². The van der Waals surface area contributed by atoms with E-state index in [0.717, 1.165) is 22.5 Å². The van der Waals surface area contributed by atoms with Crippen LogP contribution in [0.4, 0.5) is 0 Å². The Morgan fingerprint density at radius 2 is 0.967 bits per heavy atom. The maximum absolute atomic E-state index is 5.34. The Bertz CT molecular complexity index is 980. The molecule has 3 rings (SSSR count). The molecule has 1 heterocycles. The van der Waals surface area contributed by atoms with Gasteiger partial charge in [0.05, 0.1) is 39.8 Å². The second-order valence-electron chi connectivity index (χ2n) is 6.26. The van der Waals surface area contributed by atoms with Crippen LogP contribution in [0.3, 0.4) is 0 Å². The highest BCUT2D eigenvalue weighted by atomic mass is 16.5. The van der Waals surface area contributed by atoms with E-state index in [1.807, 2.05) is 66.8 Å². The molecule has 0 saturated carbocycles. The van der Waals surface area contributed by atoms with Gasteiger partial charge in [-0.2, -0.15) is 0 Å². The van der Waals surface area contributed by atoms with E-state index in [4.69, 9.17) is 18.9 Å². The first-order valence-corrected chi connectivity index (χ1v) is 9.29. The topological polar surface area (TPSA) is 62.7 Å². The van der Waals surface area contributed by atoms with Crippen LogP contribution < -0.4 is 18.9 Å². The van der Waals surface area contributed by atoms with Gasteiger partial charge in [-0.3, -0.25) is 0 Å². The van der Waals surface area contributed by atoms with Gasteiger partial charge in [0.15, 0.2) is 23.0 Å². The second-order valence-corrected chi connectivity index (χ2v) is 6.26. The molecule has 1 aromatic heterocycles. The maximum Gasteiger partial charge on any atom is 0.161 e. The molecule has 0 radical (unpaired) electrons. The molecular formula is C24H24N2O4. The molecule has 0 atom stereocenters. The lowest BCUT2D eigenvalue weighted by Crippen LogP contribution is -1.91. The third-order valence-electron chi connectivity index (χ3n) is 4.42. The van der Waals surface area contributed by atoms with Gasteiger partial charge in [-0.15, -0.1) is 0 Å². The van der Waals surface area contributed by atoms with Crippen molar-refractivity contribution in [2.24, 2.45) is 0 Å². The first-order valence-electron chi connectivity index (χ1n) is 9.29. The standard InChI is InChI=1S/C24H24N2O4/c1-27-21-11-7-17(13-23(21)29-3)5-9-19-15-20(26-16-25-19)10-6-18-8-12-22(28-2)24(14-18)30-4/h5-16H,1-4H3/b9-5+,10-6+. The van der Waals surface area contributed by atoms with Crippen molar-refractivity contribution in [2.45, 2.75) is 0 Å². The summed E-state index contributed by atoms with van der Waals surface area (Å²) >= 11 is 0. The summed E-state index contributed by atoms with van der Waals surface area (Å²) in [5.74, 6) is 2.75. The van der Waals surface area contributed by atoms with Crippen molar-refractivity contribution in [1.82, 2.24) is 9.97 Å². The molecule has 0 amide bonds. The number of methoxy groups -OCH3 is 4. The molecule has 2 aromatic carbocycles. The molecule has 0 aliphatic rings. The van der Waals surface area contributed by atoms with Gasteiger partial charge >= 0.3 is 0 Å². The summed E-state index contributed by atoms with van der Waals surface area (Å²) in [6.07, 6.45) is 9.33. The first kappa shape index (κ1) is 20.9. The molecule has 0 N–H and O–H groups in total. The van der Waals surface area contributed by atoms with Crippen LogP contribution in [0.1, 0.15) is 22.5 Å². The van der Waals surface area contributed by atoms with Crippen LogP contribution in [0.15, 0.2) is 48.8 Å². The zero-order chi connectivity index (χ0) is 21.3. The van der Waals surface area contributed by atoms with Crippen molar-refractivity contribution in [3.63, 3.8) is 0 Å². The summed E-state index contributed by atoms with van der Waals surface area (Å²) < 4.78 is 21.2. The fraction of sp³-hybridized carbons (Fsp3) is 0.167. The second kappa shape index (κ2) is 10.1. The smallest absolute Gasteiger partial charge is 0.161 e. The first-order chi connectivity index (χ1) is 14.7. The van der Waals surface area contributed by atoms with Gasteiger partial charge in [0, 0.05) is 0 Å². The predicted molar refractivity (Wildman–Crippen MR) is 119 cm³/mol. The number of rotatable bonds is 8. The summed E-state index contributed by atoms with van der Waals surface area (Å²) in [6.45, 7) is 0. The minimum Gasteiger partial charge on any atom is -0.493 e. The van der Waals surface area contributed by atoms with E-state index in [9.17, 15) is 0 Å². The molecule has 3 aromatic rings. The Hall–Kier alpha value is -3.80. The zero-order valence-electron chi connectivity index (χ0n) is 17.5. The third-order valence-corrected chi connectivity index (χ3v) is 4.42. The van der Waals surface area contributed by atoms with Crippen molar-refractivity contribution >= 4 is 24.3 Å². The van der Waals surface area contributed by atoms with Crippen molar-refractivity contribution in [2.75, 3.05) is 28.4 Å². The molecule has 0 unspecified atom stereocenters. The van der Waals surface area contributed by atoms with Gasteiger partial charge < -0.3 is 18.9 Å². The largest absolute Gasteiger partial charge is 0.493 e. The highest BCUT2D eigenvalue weighted by Gasteiger charge is 2.04. The van der Waals surface area contributed by atoms with E-state index in [2.05, 4.69) is 9.97 Å². The highest BCUT2D eigenvalue weighted by molar-refractivity contribution is 5.73. The summed E-state index contributed by atoms with van der Waals surface area (Å²) in [7, 11) is 6.47. The molecule has 0 fully saturated rings. The monoisotopic (exact) mass is 404 g/mol. The lowest BCUT2D eigenvalue weighted by Gasteiger charge is -2.07. The van der Waals surface area contributed by atoms with Crippen LogP contribution in [0, 0.1) is 0 Å². The van der Waals surface area contributed by atoms with Crippen LogP contribution in [-0.4, -0.2) is 38.4 Å². The van der Waals surface area contributed by atoms with E-state index in [1.54, 1.807) is 34.8 Å². The minimum absolute atomic E-state index is 0.681. The number of aromatic nitrogens is 2. The van der Waals surface area contributed by atoms with Crippen LogP contribution >= 0.6 is 0 Å². The number of hydrogen-bond donors (Lipinski definition) is 0. The normalized spacial score (nSPS) is 11.1. The minimum atomic E-state index is 0.681. The van der Waals surface area contributed by atoms with E-state index < -0.39 is 0 Å². The van der Waals surface area contributed by atoms with Gasteiger partial charge in [0.1, 0.15) is 6.33 Å². The van der Waals surface area contributed by atoms with Crippen molar-refractivity contribution in [3.05, 3.63) is 71.3 Å². The molecular weight excluding hydrogens is 380 g/mol. The Labute approximate surface area is 176 Å². The zero-order valence-corrected chi connectivity index (χ0v) is 17.5. The predicted octanol–water partition coefficient (Wildman–Crippen LogP) is 4.85. The molecule has 0 spiro atoms. The molecule has 6 nitrogen and oxygen atoms in total. The van der Waals surface area contributed by atoms with Crippen LogP contribution in [0.25, 0.3) is 24.3 Å². The Balaban J connectivity index is 1.76. The average Bonchev–Trinajstić information content (AvgIpc) is 2.81. The lowest BCUT2D eigenvalue weighted by molar-refractivity contribution is 0.355. The molecule has 0 bridgehead atoms. The number of nitrogens with zero attached hydrogens (tertiary/aromatic N) is 2. The summed E-state index contributed by atoms with van der Waals surface area (Å²) in [4.78, 5) is 8.62. The molecule has 0 aliphatic heterocycles. The summed E-state index contributed by atoms with van der Waals surface area (Å²) in [5.41, 5.74) is 3.56. The van der Waals surface area contributed by atoms with Gasteiger partial charge in [-0.05, 0) is 53.6 Å². The third kappa shape index (κ3) is 5.17. The van der Waals surface area contributed by atoms with Crippen molar-refractivity contribution < 1.29 is 18.9 Å². The number of hydrogen-bond acceptors (Lipinski definition) is 6. The lowest BCUT2D eigenvalue weighted by atomic mass is 10.1. The van der Waals surface area contributed by atoms with E-state index >= 15 is 0 Å². The van der Waals surface area contributed by atoms with E-state index in [0.29, 0.717) is 23.0 Å². The quantitative estimate of drug-likeness (QED) is 0.535. The van der Waals surface area contributed by atoms with Crippen molar-refractivity contribution in [1.29, 1.82) is 0 Å². The van der Waals surface area contributed by atoms with Gasteiger partial charge in [0.2, 0.25) is 0 Å². The number of benzene rings is 2. The van der Waals surface area contributed by atoms with Crippen LogP contribution in [0.5, 0.6) is 23.0 Å². The Kier molecular flexibility index (Phi) is 7.05. The fourth-order valence-electron chi connectivity index (χ4n) is 2.85. The molecule has 0 aliphatic carbocycles. The van der Waals surface area contributed by atoms with Gasteiger partial charge in [-0.1, -0.05) is 24.3 Å². The molecule has 6 heteroatoms. The van der Waals surface area contributed by atoms with E-state index in [-0.39, 0.29) is 0 Å². The summed E-state index contributed by atoms with van der Waals surface area (Å²) in [5, 5.41) is 0. The van der Waals surface area contributed by atoms with Crippen molar-refractivity contribution in [3.8, 4) is 23.0 Å². The van der Waals surface area contributed by atoms with Crippen LogP contribution in [-0.2, 0) is 0 Å². The van der Waals surface area contributed by atoms with Crippen LogP contribution in [0.2, 0.25) is 0 Å². The summed E-state index contributed by atoms with van der Waals surface area (Å²) in [6, 6.07) is 13.4. The Morgan fingerprint density at radius 3 is 1.37 bits per heavy atom. The number of ether oxygens (including phenoxy) is 4. The SMILES string of the molecule is COc1ccc(/C=C/c2cc(/C=C/c3ccc(OC)c(OC)c3)ncn2)cc1OC. The van der Waals surface area contributed by atoms with E-state index in [1.165, 1.54) is 0 Å². The molecule has 154 valence electrons.